The van der Waals surface area contributed by atoms with E-state index in [-0.39, 0.29) is 0 Å². The average molecular weight is 346 g/mol. The van der Waals surface area contributed by atoms with E-state index in [1.807, 2.05) is 4.74 Å². The molecule has 0 radical (unpaired) electrons. The van der Waals surface area contributed by atoms with Gasteiger partial charge in [-0.1, -0.05) is 0 Å². The molecule has 122 valence electrons. The lowest BCUT2D eigenvalue weighted by Gasteiger charge is -2.35. The van der Waals surface area contributed by atoms with Crippen molar-refractivity contribution in [3.8, 4) is 0 Å². The SMILES string of the molecule is FC(F)(F)C(F)(OC(F)(F)C(F)(F)CCS)C(F)(F)F. The van der Waals surface area contributed by atoms with Crippen LogP contribution in [0.1, 0.15) is 6.42 Å². The number of thiol groups is 1. The Hall–Kier alpha value is -0.460. The summed E-state index contributed by atoms with van der Waals surface area (Å²) in [6, 6.07) is 0. The van der Waals surface area contributed by atoms with E-state index in [0.29, 0.717) is 0 Å². The van der Waals surface area contributed by atoms with Crippen molar-refractivity contribution < 1.29 is 53.0 Å². The highest BCUT2D eigenvalue weighted by Gasteiger charge is 2.79. The van der Waals surface area contributed by atoms with Gasteiger partial charge in [-0.2, -0.15) is 60.9 Å². The summed E-state index contributed by atoms with van der Waals surface area (Å²) in [6.45, 7) is 0. The van der Waals surface area contributed by atoms with Gasteiger partial charge in [0.15, 0.2) is 0 Å². The van der Waals surface area contributed by atoms with Crippen LogP contribution in [0.3, 0.4) is 0 Å². The first-order valence-electron chi connectivity index (χ1n) is 4.41. The monoisotopic (exact) mass is 346 g/mol. The summed E-state index contributed by atoms with van der Waals surface area (Å²) in [5, 5.41) is 0. The van der Waals surface area contributed by atoms with Gasteiger partial charge in [0.05, 0.1) is 0 Å². The van der Waals surface area contributed by atoms with Crippen molar-refractivity contribution in [1.29, 1.82) is 0 Å². The topological polar surface area (TPSA) is 9.23 Å². The first-order chi connectivity index (χ1) is 8.52. The normalized spacial score (nSPS) is 15.6. The molecule has 0 aliphatic rings. The van der Waals surface area contributed by atoms with E-state index in [0.717, 1.165) is 0 Å². The van der Waals surface area contributed by atoms with Crippen LogP contribution in [-0.4, -0.2) is 36.0 Å². The molecular weight excluding hydrogens is 341 g/mol. The van der Waals surface area contributed by atoms with Crippen LogP contribution >= 0.6 is 12.6 Å². The first kappa shape index (κ1) is 19.5. The predicted octanol–water partition coefficient (Wildman–Crippen LogP) is 4.34. The Morgan fingerprint density at radius 1 is 0.700 bits per heavy atom. The summed E-state index contributed by atoms with van der Waals surface area (Å²) in [5.41, 5.74) is 0. The number of alkyl halides is 11. The average Bonchev–Trinajstić information content (AvgIpc) is 2.12. The highest BCUT2D eigenvalue weighted by atomic mass is 32.1. The molecule has 0 aromatic heterocycles. The van der Waals surface area contributed by atoms with Gasteiger partial charge in [-0.15, -0.1) is 0 Å². The number of hydrogen-bond acceptors (Lipinski definition) is 2. The maximum Gasteiger partial charge on any atom is 0.458 e. The molecule has 0 fully saturated rings. The van der Waals surface area contributed by atoms with Crippen LogP contribution < -0.4 is 0 Å². The summed E-state index contributed by atoms with van der Waals surface area (Å²) < 4.78 is 137. The van der Waals surface area contributed by atoms with E-state index >= 15 is 0 Å². The van der Waals surface area contributed by atoms with Gasteiger partial charge >= 0.3 is 30.2 Å². The van der Waals surface area contributed by atoms with Crippen molar-refractivity contribution in [1.82, 2.24) is 0 Å². The lowest BCUT2D eigenvalue weighted by Crippen LogP contribution is -2.61. The molecule has 0 unspecified atom stereocenters. The molecule has 0 aliphatic heterocycles. The second-order valence-electron chi connectivity index (χ2n) is 3.39. The fraction of sp³-hybridized carbons (Fsp3) is 1.00. The third-order valence-electron chi connectivity index (χ3n) is 1.85. The van der Waals surface area contributed by atoms with E-state index in [9.17, 15) is 48.3 Å². The third-order valence-corrected chi connectivity index (χ3v) is 2.07. The number of hydrogen-bond donors (Lipinski definition) is 1. The number of rotatable bonds is 5. The second kappa shape index (κ2) is 5.39. The molecule has 0 N–H and O–H groups in total. The molecular formula is C7H5F11OS. The molecule has 0 bridgehead atoms. The van der Waals surface area contributed by atoms with Gasteiger partial charge in [-0.3, -0.25) is 4.74 Å². The smallest absolute Gasteiger partial charge is 0.262 e. The van der Waals surface area contributed by atoms with Crippen LogP contribution in [0, 0.1) is 0 Å². The zero-order chi connectivity index (χ0) is 16.6. The van der Waals surface area contributed by atoms with Crippen molar-refractivity contribution in [3.63, 3.8) is 0 Å². The standard InChI is InChI=1S/C7H5F11OS/c8-3(9,1-2-20)7(17,18)19-4(10,5(11,12)13)6(14,15)16/h20H,1-2H2. The predicted molar refractivity (Wildman–Crippen MR) is 45.4 cm³/mol. The Balaban J connectivity index is 5.62. The molecule has 0 aromatic rings. The van der Waals surface area contributed by atoms with Gasteiger partial charge in [0, 0.05) is 6.42 Å². The van der Waals surface area contributed by atoms with Crippen LogP contribution in [0.25, 0.3) is 0 Å². The Kier molecular flexibility index (Phi) is 5.26. The quantitative estimate of drug-likeness (QED) is 0.576. The largest absolute Gasteiger partial charge is 0.458 e. The maximum atomic E-state index is 12.8. The minimum Gasteiger partial charge on any atom is -0.262 e. The van der Waals surface area contributed by atoms with Crippen molar-refractivity contribution in [2.75, 3.05) is 5.75 Å². The maximum absolute atomic E-state index is 12.8. The zero-order valence-corrected chi connectivity index (χ0v) is 9.82. The summed E-state index contributed by atoms with van der Waals surface area (Å²) in [5.74, 6) is -13.4. The molecule has 0 atom stereocenters. The number of halogens is 11. The summed E-state index contributed by atoms with van der Waals surface area (Å²) in [6.07, 6.45) is -22.4. The van der Waals surface area contributed by atoms with Crippen LogP contribution in [-0.2, 0) is 4.74 Å². The Morgan fingerprint density at radius 3 is 1.30 bits per heavy atom. The lowest BCUT2D eigenvalue weighted by molar-refractivity contribution is -0.503. The Labute approximate surface area is 109 Å². The first-order valence-corrected chi connectivity index (χ1v) is 5.04. The van der Waals surface area contributed by atoms with Crippen molar-refractivity contribution in [3.05, 3.63) is 0 Å². The molecule has 0 saturated heterocycles. The van der Waals surface area contributed by atoms with E-state index in [1.165, 1.54) is 0 Å². The minimum absolute atomic E-state index is 1.02. The molecule has 0 amide bonds. The third kappa shape index (κ3) is 3.59. The molecule has 0 heterocycles. The molecule has 0 rings (SSSR count). The lowest BCUT2D eigenvalue weighted by atomic mass is 10.2. The van der Waals surface area contributed by atoms with Gasteiger partial charge in [-0.25, -0.2) is 0 Å². The number of ether oxygens (including phenoxy) is 1. The molecule has 0 aliphatic carbocycles. The van der Waals surface area contributed by atoms with Gasteiger partial charge in [0.1, 0.15) is 0 Å². The van der Waals surface area contributed by atoms with E-state index in [4.69, 9.17) is 0 Å². The van der Waals surface area contributed by atoms with E-state index in [1.54, 1.807) is 0 Å². The van der Waals surface area contributed by atoms with Crippen molar-refractivity contribution >= 4 is 12.6 Å². The van der Waals surface area contributed by atoms with E-state index < -0.39 is 42.4 Å². The minimum atomic E-state index is -7.04. The fourth-order valence-corrected chi connectivity index (χ4v) is 1.09. The van der Waals surface area contributed by atoms with Crippen molar-refractivity contribution in [2.45, 2.75) is 36.7 Å². The van der Waals surface area contributed by atoms with Crippen LogP contribution in [0.15, 0.2) is 0 Å². The van der Waals surface area contributed by atoms with Crippen LogP contribution in [0.2, 0.25) is 0 Å². The highest BCUT2D eigenvalue weighted by Crippen LogP contribution is 2.52. The highest BCUT2D eigenvalue weighted by molar-refractivity contribution is 7.80. The van der Waals surface area contributed by atoms with Gasteiger partial charge in [0.2, 0.25) is 0 Å². The fourth-order valence-electron chi connectivity index (χ4n) is 0.814. The summed E-state index contributed by atoms with van der Waals surface area (Å²) in [7, 11) is 0. The van der Waals surface area contributed by atoms with Crippen LogP contribution in [0.5, 0.6) is 0 Å². The summed E-state index contributed by atoms with van der Waals surface area (Å²) >= 11 is 3.06. The van der Waals surface area contributed by atoms with E-state index in [2.05, 4.69) is 12.6 Å². The Morgan fingerprint density at radius 2 is 1.05 bits per heavy atom. The molecule has 1 nitrogen and oxygen atoms in total. The molecule has 0 spiro atoms. The van der Waals surface area contributed by atoms with Crippen LogP contribution in [0.4, 0.5) is 48.3 Å². The Bertz CT molecular complexity index is 319. The second-order valence-corrected chi connectivity index (χ2v) is 3.83. The molecule has 20 heavy (non-hydrogen) atoms. The summed E-state index contributed by atoms with van der Waals surface area (Å²) in [4.78, 5) is 0. The zero-order valence-electron chi connectivity index (χ0n) is 8.93. The molecule has 0 saturated carbocycles. The van der Waals surface area contributed by atoms with Crippen molar-refractivity contribution in [2.24, 2.45) is 0 Å². The van der Waals surface area contributed by atoms with Gasteiger partial charge in [-0.05, 0) is 5.75 Å². The molecule has 0 aromatic carbocycles. The van der Waals surface area contributed by atoms with Gasteiger partial charge in [0.25, 0.3) is 0 Å². The van der Waals surface area contributed by atoms with Gasteiger partial charge < -0.3 is 0 Å². The molecule has 13 heteroatoms.